The Kier molecular flexibility index (Phi) is 2.09. The maximum atomic E-state index is 11.6. The summed E-state index contributed by atoms with van der Waals surface area (Å²) in [5, 5.41) is 2.14. The first-order chi connectivity index (χ1) is 8.31. The lowest BCUT2D eigenvalue weighted by atomic mass is 10.1. The molecule has 0 saturated heterocycles. The van der Waals surface area contributed by atoms with Gasteiger partial charge in [0, 0.05) is 16.3 Å². The van der Waals surface area contributed by atoms with Gasteiger partial charge < -0.3 is 4.98 Å². The van der Waals surface area contributed by atoms with E-state index >= 15 is 0 Å². The van der Waals surface area contributed by atoms with Gasteiger partial charge in [-0.1, -0.05) is 30.3 Å². The molecule has 2 aromatic carbocycles. The minimum atomic E-state index is -0.290. The minimum absolute atomic E-state index is 0.290. The highest BCUT2D eigenvalue weighted by Crippen LogP contribution is 2.27. The SMILES string of the molecule is NNC(=O)c1cccc2c1[nH]c1ccccc12. The summed E-state index contributed by atoms with van der Waals surface area (Å²) in [7, 11) is 0. The van der Waals surface area contributed by atoms with Gasteiger partial charge in [-0.05, 0) is 12.1 Å². The first-order valence-electron chi connectivity index (χ1n) is 5.31. The van der Waals surface area contributed by atoms with E-state index in [9.17, 15) is 4.79 Å². The van der Waals surface area contributed by atoms with E-state index in [0.717, 1.165) is 21.8 Å². The molecule has 0 unspecified atom stereocenters. The third-order valence-electron chi connectivity index (χ3n) is 2.92. The van der Waals surface area contributed by atoms with Gasteiger partial charge in [0.05, 0.1) is 11.1 Å². The van der Waals surface area contributed by atoms with Crippen molar-refractivity contribution in [3.05, 3.63) is 48.0 Å². The fourth-order valence-corrected chi connectivity index (χ4v) is 2.14. The van der Waals surface area contributed by atoms with Gasteiger partial charge in [-0.3, -0.25) is 10.2 Å². The van der Waals surface area contributed by atoms with E-state index in [1.807, 2.05) is 36.4 Å². The standard InChI is InChI=1S/C13H11N3O/c14-16-13(17)10-6-3-5-9-8-4-1-2-7-11(8)15-12(9)10/h1-7,15H,14H2,(H,16,17). The van der Waals surface area contributed by atoms with Crippen molar-refractivity contribution in [2.75, 3.05) is 0 Å². The van der Waals surface area contributed by atoms with Crippen LogP contribution in [0, 0.1) is 0 Å². The Morgan fingerprint density at radius 2 is 1.82 bits per heavy atom. The quantitative estimate of drug-likeness (QED) is 0.336. The summed E-state index contributed by atoms with van der Waals surface area (Å²) in [6.07, 6.45) is 0. The maximum Gasteiger partial charge on any atom is 0.267 e. The van der Waals surface area contributed by atoms with Gasteiger partial charge in [0.1, 0.15) is 0 Å². The van der Waals surface area contributed by atoms with E-state index in [0.29, 0.717) is 5.56 Å². The Bertz CT molecular complexity index is 715. The number of H-pyrrole nitrogens is 1. The molecule has 4 N–H and O–H groups in total. The zero-order valence-corrected chi connectivity index (χ0v) is 9.03. The van der Waals surface area contributed by atoms with Crippen molar-refractivity contribution < 1.29 is 4.79 Å². The Morgan fingerprint density at radius 1 is 1.06 bits per heavy atom. The average molecular weight is 225 g/mol. The number of benzene rings is 2. The van der Waals surface area contributed by atoms with E-state index < -0.39 is 0 Å². The van der Waals surface area contributed by atoms with Crippen LogP contribution >= 0.6 is 0 Å². The lowest BCUT2D eigenvalue weighted by Crippen LogP contribution is -2.30. The largest absolute Gasteiger partial charge is 0.354 e. The third kappa shape index (κ3) is 1.38. The number of rotatable bonds is 1. The van der Waals surface area contributed by atoms with Crippen LogP contribution in [0.15, 0.2) is 42.5 Å². The Morgan fingerprint density at radius 3 is 2.65 bits per heavy atom. The molecule has 4 heteroatoms. The highest BCUT2D eigenvalue weighted by Gasteiger charge is 2.11. The molecule has 1 amide bonds. The molecule has 1 aromatic heterocycles. The molecule has 0 fully saturated rings. The number of amides is 1. The van der Waals surface area contributed by atoms with E-state index in [-0.39, 0.29) is 5.91 Å². The van der Waals surface area contributed by atoms with Crippen molar-refractivity contribution in [3.63, 3.8) is 0 Å². The van der Waals surface area contributed by atoms with Crippen LogP contribution in [-0.4, -0.2) is 10.9 Å². The minimum Gasteiger partial charge on any atom is -0.354 e. The summed E-state index contributed by atoms with van der Waals surface area (Å²) in [4.78, 5) is 14.9. The Labute approximate surface area is 97.4 Å². The Balaban J connectivity index is 2.43. The molecule has 3 aromatic rings. The zero-order valence-electron chi connectivity index (χ0n) is 9.03. The van der Waals surface area contributed by atoms with E-state index in [2.05, 4.69) is 10.4 Å². The summed E-state index contributed by atoms with van der Waals surface area (Å²) in [5.41, 5.74) is 4.55. The highest BCUT2D eigenvalue weighted by molar-refractivity contribution is 6.14. The number of hydrogen-bond acceptors (Lipinski definition) is 2. The molecule has 4 nitrogen and oxygen atoms in total. The smallest absolute Gasteiger partial charge is 0.267 e. The third-order valence-corrected chi connectivity index (χ3v) is 2.92. The first-order valence-corrected chi connectivity index (χ1v) is 5.31. The number of carbonyl (C=O) groups is 1. The van der Waals surface area contributed by atoms with Gasteiger partial charge in [0.15, 0.2) is 0 Å². The van der Waals surface area contributed by atoms with Crippen molar-refractivity contribution in [2.45, 2.75) is 0 Å². The molecular weight excluding hydrogens is 214 g/mol. The molecule has 3 rings (SSSR count). The predicted molar refractivity (Wildman–Crippen MR) is 67.5 cm³/mol. The number of carbonyl (C=O) groups excluding carboxylic acids is 1. The van der Waals surface area contributed by atoms with Crippen LogP contribution < -0.4 is 11.3 Å². The van der Waals surface area contributed by atoms with Crippen molar-refractivity contribution >= 4 is 27.7 Å². The number of hydrazine groups is 1. The highest BCUT2D eigenvalue weighted by atomic mass is 16.2. The van der Waals surface area contributed by atoms with Crippen molar-refractivity contribution in [1.82, 2.24) is 10.4 Å². The maximum absolute atomic E-state index is 11.6. The van der Waals surface area contributed by atoms with Gasteiger partial charge in [0.25, 0.3) is 5.91 Å². The molecule has 17 heavy (non-hydrogen) atoms. The predicted octanol–water partition coefficient (Wildman–Crippen LogP) is 1.92. The van der Waals surface area contributed by atoms with Crippen molar-refractivity contribution in [2.24, 2.45) is 5.84 Å². The van der Waals surface area contributed by atoms with Gasteiger partial charge in [-0.25, -0.2) is 5.84 Å². The Hall–Kier alpha value is -2.33. The summed E-state index contributed by atoms with van der Waals surface area (Å²) >= 11 is 0. The van der Waals surface area contributed by atoms with Crippen LogP contribution in [0.4, 0.5) is 0 Å². The van der Waals surface area contributed by atoms with E-state index in [4.69, 9.17) is 5.84 Å². The van der Waals surface area contributed by atoms with Crippen LogP contribution in [0.3, 0.4) is 0 Å². The number of nitrogen functional groups attached to an aromatic ring is 1. The second-order valence-electron chi connectivity index (χ2n) is 3.87. The van der Waals surface area contributed by atoms with Gasteiger partial charge in [0.2, 0.25) is 0 Å². The number of aromatic nitrogens is 1. The average Bonchev–Trinajstić information content (AvgIpc) is 2.76. The van der Waals surface area contributed by atoms with Gasteiger partial charge in [-0.15, -0.1) is 0 Å². The number of fused-ring (bicyclic) bond motifs is 3. The number of para-hydroxylation sites is 2. The second kappa shape index (κ2) is 3.61. The fourth-order valence-electron chi connectivity index (χ4n) is 2.14. The molecule has 84 valence electrons. The molecule has 0 spiro atoms. The second-order valence-corrected chi connectivity index (χ2v) is 3.87. The van der Waals surface area contributed by atoms with Crippen molar-refractivity contribution in [1.29, 1.82) is 0 Å². The molecule has 0 aliphatic rings. The lowest BCUT2D eigenvalue weighted by Gasteiger charge is -2.00. The van der Waals surface area contributed by atoms with Crippen LogP contribution in [0.1, 0.15) is 10.4 Å². The first kappa shape index (κ1) is 9.86. The van der Waals surface area contributed by atoms with Crippen LogP contribution in [0.25, 0.3) is 21.8 Å². The van der Waals surface area contributed by atoms with Crippen LogP contribution in [0.5, 0.6) is 0 Å². The van der Waals surface area contributed by atoms with Gasteiger partial charge in [-0.2, -0.15) is 0 Å². The molecule has 0 aliphatic heterocycles. The summed E-state index contributed by atoms with van der Waals surface area (Å²) in [6, 6.07) is 13.5. The number of nitrogens with two attached hydrogens (primary N) is 1. The zero-order chi connectivity index (χ0) is 11.8. The normalized spacial score (nSPS) is 10.9. The topological polar surface area (TPSA) is 70.9 Å². The van der Waals surface area contributed by atoms with Gasteiger partial charge >= 0.3 is 0 Å². The van der Waals surface area contributed by atoms with E-state index in [1.165, 1.54) is 0 Å². The lowest BCUT2D eigenvalue weighted by molar-refractivity contribution is 0.0955. The van der Waals surface area contributed by atoms with E-state index in [1.54, 1.807) is 6.07 Å². The molecule has 0 bridgehead atoms. The summed E-state index contributed by atoms with van der Waals surface area (Å²) in [5.74, 6) is 4.89. The summed E-state index contributed by atoms with van der Waals surface area (Å²) < 4.78 is 0. The molecule has 0 radical (unpaired) electrons. The van der Waals surface area contributed by atoms with Crippen LogP contribution in [0.2, 0.25) is 0 Å². The number of hydrogen-bond donors (Lipinski definition) is 3. The fraction of sp³-hybridized carbons (Fsp3) is 0. The van der Waals surface area contributed by atoms with Crippen LogP contribution in [-0.2, 0) is 0 Å². The molecule has 0 saturated carbocycles. The number of nitrogens with one attached hydrogen (secondary N) is 2. The molecule has 0 atom stereocenters. The van der Waals surface area contributed by atoms with Crippen molar-refractivity contribution in [3.8, 4) is 0 Å². The molecule has 0 aliphatic carbocycles. The monoisotopic (exact) mass is 225 g/mol. The molecule has 1 heterocycles. The summed E-state index contributed by atoms with van der Waals surface area (Å²) in [6.45, 7) is 0. The molecular formula is C13H11N3O. The number of aromatic amines is 1.